The van der Waals surface area contributed by atoms with E-state index in [-0.39, 0.29) is 12.5 Å². The molecule has 208 valence electrons. The SMILES string of the molecule is CC(=O)OCC1O[C@H](Sc2ccc(Cl)c(Cl)c2)C(OC(C)=O)C(n2cc(-c3nc(O)cs3)nn2)[C@H]1OC(C)=O. The standard InChI is InChI=1S/C23H22Cl2N4O8S2/c1-10(30)34-8-17-20(35-11(2)31)19(29-7-16(27-28-29)22-26-18(33)9-38-22)21(36-12(3)32)23(37-17)39-13-4-5-14(24)15(25)6-13/h4-7,9,17,19-21,23,33H,8H2,1-3H3/t17?,19?,20-,21?,23+/m0/s1. The van der Waals surface area contributed by atoms with E-state index in [1.807, 2.05) is 0 Å². The molecule has 0 bridgehead atoms. The fourth-order valence-electron chi connectivity index (χ4n) is 3.87. The van der Waals surface area contributed by atoms with Crippen LogP contribution >= 0.6 is 46.3 Å². The second-order valence-electron chi connectivity index (χ2n) is 8.27. The topological polar surface area (TPSA) is 152 Å². The van der Waals surface area contributed by atoms with Crippen LogP contribution in [0.15, 0.2) is 34.7 Å². The first-order valence-corrected chi connectivity index (χ1v) is 13.8. The highest BCUT2D eigenvalue weighted by Gasteiger charge is 2.52. The highest BCUT2D eigenvalue weighted by Crippen LogP contribution is 2.42. The van der Waals surface area contributed by atoms with Gasteiger partial charge in [-0.3, -0.25) is 14.4 Å². The Bertz CT molecular complexity index is 1370. The molecule has 4 rings (SSSR count). The maximum atomic E-state index is 12.3. The number of carbonyl (C=O) groups excluding carboxylic acids is 3. The van der Waals surface area contributed by atoms with Gasteiger partial charge in [0.1, 0.15) is 34.9 Å². The van der Waals surface area contributed by atoms with Crippen LogP contribution in [0.4, 0.5) is 0 Å². The van der Waals surface area contributed by atoms with Gasteiger partial charge in [0.2, 0.25) is 5.88 Å². The Kier molecular flexibility index (Phi) is 9.33. The lowest BCUT2D eigenvalue weighted by molar-refractivity contribution is -0.212. The predicted octanol–water partition coefficient (Wildman–Crippen LogP) is 3.90. The second kappa shape index (κ2) is 12.5. The molecule has 1 aliphatic rings. The minimum absolute atomic E-state index is 0.175. The lowest BCUT2D eigenvalue weighted by atomic mass is 9.96. The zero-order valence-electron chi connectivity index (χ0n) is 20.6. The number of aromatic nitrogens is 4. The van der Waals surface area contributed by atoms with E-state index in [1.165, 1.54) is 48.8 Å². The van der Waals surface area contributed by atoms with Gasteiger partial charge in [-0.15, -0.1) is 16.4 Å². The molecule has 1 aliphatic heterocycles. The van der Waals surface area contributed by atoms with E-state index < -0.39 is 47.7 Å². The zero-order valence-corrected chi connectivity index (χ0v) is 23.8. The molecule has 0 aliphatic carbocycles. The van der Waals surface area contributed by atoms with Gasteiger partial charge in [-0.25, -0.2) is 9.67 Å². The van der Waals surface area contributed by atoms with E-state index in [9.17, 15) is 19.5 Å². The van der Waals surface area contributed by atoms with Crippen LogP contribution < -0.4 is 0 Å². The van der Waals surface area contributed by atoms with Crippen molar-refractivity contribution in [3.05, 3.63) is 39.8 Å². The van der Waals surface area contributed by atoms with Crippen LogP contribution in [0.5, 0.6) is 5.88 Å². The molecule has 3 aromatic rings. The molecule has 1 aromatic carbocycles. The van der Waals surface area contributed by atoms with E-state index in [1.54, 1.807) is 18.2 Å². The maximum Gasteiger partial charge on any atom is 0.303 e. The van der Waals surface area contributed by atoms with Crippen molar-refractivity contribution in [3.8, 4) is 16.6 Å². The van der Waals surface area contributed by atoms with Gasteiger partial charge < -0.3 is 24.1 Å². The van der Waals surface area contributed by atoms with Crippen molar-refractivity contribution in [3.63, 3.8) is 0 Å². The number of hydrogen-bond acceptors (Lipinski definition) is 13. The summed E-state index contributed by atoms with van der Waals surface area (Å²) in [7, 11) is 0. The number of benzene rings is 1. The van der Waals surface area contributed by atoms with Crippen LogP contribution in [0.1, 0.15) is 26.8 Å². The maximum absolute atomic E-state index is 12.3. The minimum atomic E-state index is -1.11. The van der Waals surface area contributed by atoms with Gasteiger partial charge in [0.25, 0.3) is 0 Å². The molecule has 0 spiro atoms. The molecule has 3 heterocycles. The molecule has 1 fully saturated rings. The average molecular weight is 617 g/mol. The van der Waals surface area contributed by atoms with Gasteiger partial charge >= 0.3 is 17.9 Å². The van der Waals surface area contributed by atoms with Crippen molar-refractivity contribution >= 4 is 64.2 Å². The number of rotatable bonds is 8. The van der Waals surface area contributed by atoms with Gasteiger partial charge in [-0.2, -0.15) is 0 Å². The molecule has 16 heteroatoms. The van der Waals surface area contributed by atoms with Crippen molar-refractivity contribution in [1.29, 1.82) is 0 Å². The summed E-state index contributed by atoms with van der Waals surface area (Å²) >= 11 is 14.6. The van der Waals surface area contributed by atoms with Crippen LogP contribution in [0.25, 0.3) is 10.7 Å². The molecular formula is C23H22Cl2N4O8S2. The summed E-state index contributed by atoms with van der Waals surface area (Å²) in [5.74, 6) is -2.02. The highest BCUT2D eigenvalue weighted by atomic mass is 35.5. The van der Waals surface area contributed by atoms with Crippen LogP contribution in [0.2, 0.25) is 10.0 Å². The predicted molar refractivity (Wildman–Crippen MR) is 141 cm³/mol. The average Bonchev–Trinajstić information content (AvgIpc) is 3.50. The van der Waals surface area contributed by atoms with Gasteiger partial charge in [-0.05, 0) is 18.2 Å². The lowest BCUT2D eigenvalue weighted by Gasteiger charge is -2.44. The number of esters is 3. The molecular weight excluding hydrogens is 595 g/mol. The van der Waals surface area contributed by atoms with Gasteiger partial charge in [0, 0.05) is 25.7 Å². The third-order valence-electron chi connectivity index (χ3n) is 5.34. The summed E-state index contributed by atoms with van der Waals surface area (Å²) in [6, 6.07) is 3.98. The molecule has 12 nitrogen and oxygen atoms in total. The smallest absolute Gasteiger partial charge is 0.303 e. The first kappa shape index (κ1) is 29.1. The Morgan fingerprint density at radius 2 is 1.82 bits per heavy atom. The van der Waals surface area contributed by atoms with Crippen molar-refractivity contribution in [2.45, 2.75) is 55.5 Å². The third kappa shape index (κ3) is 7.19. The third-order valence-corrected chi connectivity index (χ3v) is 8.07. The fourth-order valence-corrected chi connectivity index (χ4v) is 6.01. The fraction of sp³-hybridized carbons (Fsp3) is 0.391. The molecule has 39 heavy (non-hydrogen) atoms. The van der Waals surface area contributed by atoms with Crippen LogP contribution in [0.3, 0.4) is 0 Å². The summed E-state index contributed by atoms with van der Waals surface area (Å²) in [6.07, 6.45) is -1.65. The number of halogens is 2. The van der Waals surface area contributed by atoms with E-state index in [2.05, 4.69) is 15.3 Å². The Morgan fingerprint density at radius 1 is 1.10 bits per heavy atom. The Morgan fingerprint density at radius 3 is 2.44 bits per heavy atom. The van der Waals surface area contributed by atoms with Gasteiger partial charge in [0.15, 0.2) is 12.2 Å². The number of aromatic hydroxyl groups is 1. The van der Waals surface area contributed by atoms with Crippen LogP contribution in [-0.4, -0.2) is 73.3 Å². The minimum Gasteiger partial charge on any atom is -0.493 e. The number of thioether (sulfide) groups is 1. The van der Waals surface area contributed by atoms with E-state index in [0.29, 0.717) is 25.6 Å². The molecule has 3 unspecified atom stereocenters. The number of carbonyl (C=O) groups is 3. The number of nitrogens with zero attached hydrogens (tertiary/aromatic N) is 4. The number of ether oxygens (including phenoxy) is 4. The van der Waals surface area contributed by atoms with Gasteiger partial charge in [0.05, 0.1) is 21.6 Å². The Balaban J connectivity index is 1.79. The first-order valence-electron chi connectivity index (χ1n) is 11.3. The molecule has 0 saturated carbocycles. The van der Waals surface area contributed by atoms with Crippen LogP contribution in [0, 0.1) is 0 Å². The van der Waals surface area contributed by atoms with Gasteiger partial charge in [-0.1, -0.05) is 40.2 Å². The molecule has 5 atom stereocenters. The summed E-state index contributed by atoms with van der Waals surface area (Å²) in [5.41, 5.74) is -0.583. The second-order valence-corrected chi connectivity index (χ2v) is 11.1. The molecule has 0 radical (unpaired) electrons. The molecule has 0 amide bonds. The van der Waals surface area contributed by atoms with E-state index in [0.717, 1.165) is 11.3 Å². The lowest BCUT2D eigenvalue weighted by Crippen LogP contribution is -2.57. The summed E-state index contributed by atoms with van der Waals surface area (Å²) < 4.78 is 24.2. The quantitative estimate of drug-likeness (QED) is 0.288. The highest BCUT2D eigenvalue weighted by molar-refractivity contribution is 7.99. The van der Waals surface area contributed by atoms with E-state index >= 15 is 0 Å². The Hall–Kier alpha value is -2.91. The van der Waals surface area contributed by atoms with Crippen molar-refractivity contribution < 1.29 is 38.4 Å². The zero-order chi connectivity index (χ0) is 28.3. The van der Waals surface area contributed by atoms with Crippen LogP contribution in [-0.2, 0) is 33.3 Å². The Labute approximate surface area is 240 Å². The molecule has 1 N–H and O–H groups in total. The van der Waals surface area contributed by atoms with Crippen molar-refractivity contribution in [1.82, 2.24) is 20.0 Å². The molecule has 2 aromatic heterocycles. The molecule has 1 saturated heterocycles. The summed E-state index contributed by atoms with van der Waals surface area (Å²) in [5, 5.41) is 20.5. The normalized spacial score (nSPS) is 22.7. The number of hydrogen-bond donors (Lipinski definition) is 1. The monoisotopic (exact) mass is 616 g/mol. The largest absolute Gasteiger partial charge is 0.493 e. The summed E-state index contributed by atoms with van der Waals surface area (Å²) in [4.78, 5) is 40.7. The number of thiazole rings is 1. The summed E-state index contributed by atoms with van der Waals surface area (Å²) in [6.45, 7) is 3.41. The first-order chi connectivity index (χ1) is 18.5. The van der Waals surface area contributed by atoms with E-state index in [4.69, 9.17) is 42.1 Å². The van der Waals surface area contributed by atoms with Crippen molar-refractivity contribution in [2.75, 3.05) is 6.61 Å². The van der Waals surface area contributed by atoms with Crippen molar-refractivity contribution in [2.24, 2.45) is 0 Å².